The van der Waals surface area contributed by atoms with Crippen LogP contribution < -0.4 is 19.6 Å². The number of nitro groups is 1. The first-order valence-corrected chi connectivity index (χ1v) is 13.3. The molecule has 1 atom stereocenters. The fraction of sp³-hybridized carbons (Fsp3) is 0.179. The van der Waals surface area contributed by atoms with Crippen molar-refractivity contribution in [1.29, 1.82) is 0 Å². The molecule has 0 saturated heterocycles. The third kappa shape index (κ3) is 4.96. The van der Waals surface area contributed by atoms with Crippen LogP contribution in [0.5, 0.6) is 5.75 Å². The van der Waals surface area contributed by atoms with Crippen LogP contribution in [0.1, 0.15) is 31.2 Å². The van der Waals surface area contributed by atoms with Crippen LogP contribution in [0, 0.1) is 10.1 Å². The summed E-state index contributed by atoms with van der Waals surface area (Å²) < 4.78 is 18.4. The molecule has 0 unspecified atom stereocenters. The highest BCUT2D eigenvalue weighted by atomic mass is 35.5. The Hall–Kier alpha value is -4.48. The van der Waals surface area contributed by atoms with Crippen molar-refractivity contribution in [1.82, 2.24) is 4.57 Å². The van der Waals surface area contributed by atoms with Crippen LogP contribution in [-0.4, -0.2) is 29.2 Å². The molecule has 0 radical (unpaired) electrons. The minimum atomic E-state index is -0.779. The number of esters is 1. The van der Waals surface area contributed by atoms with E-state index in [2.05, 4.69) is 4.99 Å². The number of ether oxygens (including phenoxy) is 2. The lowest BCUT2D eigenvalue weighted by atomic mass is 9.95. The fourth-order valence-electron chi connectivity index (χ4n) is 4.44. The number of thiazole rings is 1. The van der Waals surface area contributed by atoms with E-state index in [1.807, 2.05) is 6.07 Å². The zero-order valence-electron chi connectivity index (χ0n) is 21.5. The number of halogens is 1. The van der Waals surface area contributed by atoms with Gasteiger partial charge < -0.3 is 13.9 Å². The van der Waals surface area contributed by atoms with Gasteiger partial charge in [0.15, 0.2) is 4.80 Å². The molecule has 0 fully saturated rings. The van der Waals surface area contributed by atoms with Gasteiger partial charge in [-0.25, -0.2) is 9.79 Å². The van der Waals surface area contributed by atoms with Crippen LogP contribution in [0.2, 0.25) is 5.02 Å². The van der Waals surface area contributed by atoms with Crippen molar-refractivity contribution in [2.24, 2.45) is 4.99 Å². The fourth-order valence-corrected chi connectivity index (χ4v) is 5.73. The van der Waals surface area contributed by atoms with Gasteiger partial charge in [0.1, 0.15) is 17.3 Å². The molecular formula is C28H22ClN3O7S. The lowest BCUT2D eigenvalue weighted by Crippen LogP contribution is -2.39. The smallest absolute Gasteiger partial charge is 0.338 e. The number of rotatable bonds is 7. The molecule has 1 aliphatic heterocycles. The average Bonchev–Trinajstić information content (AvgIpc) is 3.52. The van der Waals surface area contributed by atoms with Gasteiger partial charge in [-0.2, -0.15) is 0 Å². The number of carbonyl (C=O) groups is 1. The molecule has 204 valence electrons. The van der Waals surface area contributed by atoms with E-state index in [0.29, 0.717) is 43.4 Å². The molecule has 0 amide bonds. The molecule has 12 heteroatoms. The normalized spacial score (nSPS) is 15.0. The quantitative estimate of drug-likeness (QED) is 0.177. The Kier molecular flexibility index (Phi) is 7.42. The maximum Gasteiger partial charge on any atom is 0.338 e. The number of carbonyl (C=O) groups excluding carboxylic acids is 1. The summed E-state index contributed by atoms with van der Waals surface area (Å²) in [4.78, 5) is 42.3. The maximum absolute atomic E-state index is 13.8. The van der Waals surface area contributed by atoms with Crippen molar-refractivity contribution < 1.29 is 23.6 Å². The molecule has 0 aliphatic carbocycles. The van der Waals surface area contributed by atoms with E-state index in [1.165, 1.54) is 22.8 Å². The molecule has 0 bridgehead atoms. The molecule has 0 spiro atoms. The van der Waals surface area contributed by atoms with Gasteiger partial charge in [0.05, 0.1) is 45.5 Å². The molecule has 0 saturated carbocycles. The van der Waals surface area contributed by atoms with Crippen LogP contribution in [0.4, 0.5) is 5.69 Å². The van der Waals surface area contributed by atoms with Crippen molar-refractivity contribution in [3.8, 4) is 17.1 Å². The van der Waals surface area contributed by atoms with Crippen molar-refractivity contribution in [2.75, 3.05) is 13.7 Å². The third-order valence-corrected chi connectivity index (χ3v) is 7.55. The zero-order chi connectivity index (χ0) is 28.6. The minimum Gasteiger partial charge on any atom is -0.497 e. The first-order valence-electron chi connectivity index (χ1n) is 12.1. The number of methoxy groups -OCH3 is 1. The van der Waals surface area contributed by atoms with Crippen LogP contribution in [0.3, 0.4) is 0 Å². The summed E-state index contributed by atoms with van der Waals surface area (Å²) in [6.07, 6.45) is 1.58. The number of non-ortho nitro benzene ring substituents is 1. The molecule has 2 aromatic heterocycles. The zero-order valence-corrected chi connectivity index (χ0v) is 23.1. The maximum atomic E-state index is 13.8. The van der Waals surface area contributed by atoms with Gasteiger partial charge in [0.25, 0.3) is 11.2 Å². The second-order valence-electron chi connectivity index (χ2n) is 8.70. The summed E-state index contributed by atoms with van der Waals surface area (Å²) in [5, 5.41) is 11.2. The Bertz CT molecular complexity index is 1870. The first kappa shape index (κ1) is 27.1. The van der Waals surface area contributed by atoms with Gasteiger partial charge in [-0.05, 0) is 49.7 Å². The monoisotopic (exact) mass is 579 g/mol. The Morgan fingerprint density at radius 1 is 1.25 bits per heavy atom. The summed E-state index contributed by atoms with van der Waals surface area (Å²) >= 11 is 7.41. The predicted octanol–water partition coefficient (Wildman–Crippen LogP) is 4.63. The number of nitro benzene ring substituents is 1. The SMILES string of the molecule is CCOC(=O)C1=C(C)N=c2s/c(=C\c3ccc(-c4ccc([N+](=O)[O-])cc4Cl)o3)c(=O)n2[C@@H]1c1cccc(OC)c1. The van der Waals surface area contributed by atoms with Crippen LogP contribution >= 0.6 is 22.9 Å². The van der Waals surface area contributed by atoms with E-state index in [0.717, 1.165) is 11.3 Å². The highest BCUT2D eigenvalue weighted by molar-refractivity contribution is 7.07. The molecule has 3 heterocycles. The van der Waals surface area contributed by atoms with E-state index in [-0.39, 0.29) is 28.4 Å². The van der Waals surface area contributed by atoms with Crippen molar-refractivity contribution in [3.63, 3.8) is 0 Å². The third-order valence-electron chi connectivity index (χ3n) is 6.26. The molecule has 2 aromatic carbocycles. The summed E-state index contributed by atoms with van der Waals surface area (Å²) in [6.45, 7) is 3.60. The molecule has 5 rings (SSSR count). The molecule has 1 aliphatic rings. The Morgan fingerprint density at radius 2 is 2.05 bits per heavy atom. The van der Waals surface area contributed by atoms with Gasteiger partial charge in [-0.1, -0.05) is 35.1 Å². The van der Waals surface area contributed by atoms with E-state index in [9.17, 15) is 19.7 Å². The molecule has 40 heavy (non-hydrogen) atoms. The molecular weight excluding hydrogens is 558 g/mol. The van der Waals surface area contributed by atoms with E-state index < -0.39 is 16.9 Å². The number of aromatic nitrogens is 1. The molecule has 4 aromatic rings. The van der Waals surface area contributed by atoms with Crippen molar-refractivity contribution >= 4 is 40.7 Å². The van der Waals surface area contributed by atoms with E-state index >= 15 is 0 Å². The highest BCUT2D eigenvalue weighted by Gasteiger charge is 2.33. The Balaban J connectivity index is 1.62. The summed E-state index contributed by atoms with van der Waals surface area (Å²) in [6, 6.07) is 13.8. The largest absolute Gasteiger partial charge is 0.497 e. The number of hydrogen-bond acceptors (Lipinski definition) is 9. The van der Waals surface area contributed by atoms with Crippen molar-refractivity contribution in [3.05, 3.63) is 112 Å². The van der Waals surface area contributed by atoms with Gasteiger partial charge in [0.2, 0.25) is 0 Å². The minimum absolute atomic E-state index is 0.135. The number of benzene rings is 2. The van der Waals surface area contributed by atoms with Gasteiger partial charge in [0, 0.05) is 23.8 Å². The first-order chi connectivity index (χ1) is 19.2. The number of hydrogen-bond donors (Lipinski definition) is 0. The van der Waals surface area contributed by atoms with Crippen LogP contribution in [0.25, 0.3) is 17.4 Å². The topological polar surface area (TPSA) is 126 Å². The second kappa shape index (κ2) is 10.9. The van der Waals surface area contributed by atoms with E-state index in [1.54, 1.807) is 57.4 Å². The summed E-state index contributed by atoms with van der Waals surface area (Å²) in [5.74, 6) is 0.773. The second-order valence-corrected chi connectivity index (χ2v) is 10.1. The Morgan fingerprint density at radius 3 is 2.75 bits per heavy atom. The Labute approximate surface area is 236 Å². The molecule has 10 nitrogen and oxygen atoms in total. The summed E-state index contributed by atoms with van der Waals surface area (Å²) in [7, 11) is 1.54. The summed E-state index contributed by atoms with van der Waals surface area (Å²) in [5.41, 5.74) is 1.36. The lowest BCUT2D eigenvalue weighted by molar-refractivity contribution is -0.384. The van der Waals surface area contributed by atoms with Gasteiger partial charge in [-0.3, -0.25) is 19.5 Å². The number of nitrogens with zero attached hydrogens (tertiary/aromatic N) is 3. The van der Waals surface area contributed by atoms with Crippen LogP contribution in [0.15, 0.2) is 80.1 Å². The standard InChI is InChI=1S/C28H22ClN3O7S/c1-4-38-27(34)24-15(2)30-28-31(25(24)16-6-5-7-18(12-16)37-3)26(33)23(40-28)14-19-9-11-22(39-19)20-10-8-17(32(35)36)13-21(20)29/h5-14,25H,4H2,1-3H3/b23-14-/t25-/m1/s1. The highest BCUT2D eigenvalue weighted by Crippen LogP contribution is 2.33. The number of fused-ring (bicyclic) bond motifs is 1. The number of allylic oxidation sites excluding steroid dienone is 1. The van der Waals surface area contributed by atoms with Crippen molar-refractivity contribution in [2.45, 2.75) is 19.9 Å². The number of furan rings is 1. The van der Waals surface area contributed by atoms with Gasteiger partial charge >= 0.3 is 5.97 Å². The van der Waals surface area contributed by atoms with E-state index in [4.69, 9.17) is 25.5 Å². The molecule has 0 N–H and O–H groups in total. The lowest BCUT2D eigenvalue weighted by Gasteiger charge is -2.24. The average molecular weight is 580 g/mol. The van der Waals surface area contributed by atoms with Gasteiger partial charge in [-0.15, -0.1) is 0 Å². The predicted molar refractivity (Wildman–Crippen MR) is 149 cm³/mol. The van der Waals surface area contributed by atoms with Crippen LogP contribution in [-0.2, 0) is 9.53 Å².